The molecule has 104 valence electrons. The molecule has 0 heterocycles. The Morgan fingerprint density at radius 2 is 1.06 bits per heavy atom. The van der Waals surface area contributed by atoms with Crippen LogP contribution in [0.4, 0.5) is 30.3 Å². The molecule has 0 aliphatic rings. The molecule has 0 spiro atoms. The summed E-state index contributed by atoms with van der Waals surface area (Å²) in [7, 11) is -5.64. The highest BCUT2D eigenvalue weighted by atomic mass is 31.2. The van der Waals surface area contributed by atoms with Crippen LogP contribution in [0.2, 0.25) is 0 Å². The van der Waals surface area contributed by atoms with E-state index >= 15 is 0 Å². The summed E-state index contributed by atoms with van der Waals surface area (Å²) in [5.74, 6) is -10.3. The van der Waals surface area contributed by atoms with E-state index in [4.69, 9.17) is 14.6 Å². The average Bonchev–Trinajstić information content (AvgIpc) is 2.22. The lowest BCUT2D eigenvalue weighted by Crippen LogP contribution is -2.06. The fraction of sp³-hybridized carbons (Fsp3) is 0.143. The summed E-state index contributed by atoms with van der Waals surface area (Å²) in [6.45, 7) is -1.24. The third-order valence-corrected chi connectivity index (χ3v) is 1.46. The highest BCUT2D eigenvalue weighted by molar-refractivity contribution is 7.46. The van der Waals surface area contributed by atoms with Crippen LogP contribution >= 0.6 is 7.99 Å². The van der Waals surface area contributed by atoms with Crippen molar-refractivity contribution in [3.05, 3.63) is 34.6 Å². The molecule has 11 heteroatoms. The van der Waals surface area contributed by atoms with Gasteiger partial charge in [-0.15, -0.1) is 8.39 Å². The maximum atomic E-state index is 12.5. The number of hydrogen-bond acceptors (Lipinski definition) is 2. The molecule has 1 rings (SSSR count). The summed E-state index contributed by atoms with van der Waals surface area (Å²) < 4.78 is 90.7. The Balaban J connectivity index is 0.000000494. The number of rotatable bonds is 1. The van der Waals surface area contributed by atoms with Gasteiger partial charge in [0.25, 0.3) is 0 Å². The fourth-order valence-corrected chi connectivity index (χ4v) is 0.789. The zero-order valence-electron chi connectivity index (χ0n) is 8.10. The molecule has 0 unspecified atom stereocenters. The van der Waals surface area contributed by atoms with E-state index in [0.717, 1.165) is 0 Å². The van der Waals surface area contributed by atoms with E-state index in [2.05, 4.69) is 0 Å². The number of aliphatic hydroxyl groups is 1. The lowest BCUT2D eigenvalue weighted by Gasteiger charge is -2.04. The van der Waals surface area contributed by atoms with E-state index in [9.17, 15) is 30.3 Å². The van der Waals surface area contributed by atoms with Gasteiger partial charge in [0.15, 0.2) is 23.3 Å². The third-order valence-electron chi connectivity index (χ3n) is 1.46. The van der Waals surface area contributed by atoms with Gasteiger partial charge in [0.05, 0.1) is 12.2 Å². The molecule has 0 atom stereocenters. The van der Waals surface area contributed by atoms with Gasteiger partial charge >= 0.3 is 7.99 Å². The van der Waals surface area contributed by atoms with Crippen molar-refractivity contribution in [1.82, 2.24) is 0 Å². The van der Waals surface area contributed by atoms with E-state index in [-0.39, 0.29) is 0 Å². The van der Waals surface area contributed by atoms with Gasteiger partial charge in [0, 0.05) is 0 Å². The summed E-state index contributed by atoms with van der Waals surface area (Å²) in [4.78, 5) is 6.74. The molecule has 1 aromatic carbocycles. The van der Waals surface area contributed by atoms with Crippen LogP contribution in [0, 0.1) is 29.1 Å². The Hall–Kier alpha value is -1.12. The van der Waals surface area contributed by atoms with E-state index in [1.807, 2.05) is 0 Å². The maximum Gasteiger partial charge on any atom is 0.549 e. The molecule has 0 aliphatic heterocycles. The zero-order chi connectivity index (χ0) is 14.7. The molecule has 2 N–H and O–H groups in total. The summed E-state index contributed by atoms with van der Waals surface area (Å²) in [6, 6.07) is 0. The van der Waals surface area contributed by atoms with Crippen molar-refractivity contribution in [2.75, 3.05) is 0 Å². The molecular weight excluding hydrogens is 296 g/mol. The summed E-state index contributed by atoms with van der Waals surface area (Å²) in [5.41, 5.74) is -1.23. The minimum atomic E-state index is -5.64. The first-order valence-electron chi connectivity index (χ1n) is 3.84. The van der Waals surface area contributed by atoms with Gasteiger partial charge < -0.3 is 5.11 Å². The Morgan fingerprint density at radius 1 is 0.833 bits per heavy atom. The lowest BCUT2D eigenvalue weighted by molar-refractivity contribution is 0.258. The van der Waals surface area contributed by atoms with E-state index in [0.29, 0.717) is 0 Å². The summed E-state index contributed by atoms with van der Waals surface area (Å²) in [5, 5.41) is 8.30. The van der Waals surface area contributed by atoms with Crippen molar-refractivity contribution < 1.29 is 44.9 Å². The highest BCUT2D eigenvalue weighted by Crippen LogP contribution is 2.43. The second kappa shape index (κ2) is 6.17. The van der Waals surface area contributed by atoms with Crippen molar-refractivity contribution in [2.24, 2.45) is 0 Å². The molecular formula is C7H4F7O3P. The smallest absolute Gasteiger partial charge is 0.391 e. The Morgan fingerprint density at radius 3 is 1.28 bits per heavy atom. The predicted molar refractivity (Wildman–Crippen MR) is 44.2 cm³/mol. The maximum absolute atomic E-state index is 12.5. The van der Waals surface area contributed by atoms with Crippen LogP contribution in [-0.4, -0.2) is 10.00 Å². The van der Waals surface area contributed by atoms with Crippen molar-refractivity contribution >= 4 is 7.99 Å². The Bertz CT molecular complexity index is 449. The van der Waals surface area contributed by atoms with Crippen molar-refractivity contribution in [3.8, 4) is 0 Å². The van der Waals surface area contributed by atoms with Gasteiger partial charge in [-0.2, -0.15) is 0 Å². The summed E-state index contributed by atoms with van der Waals surface area (Å²) in [6.07, 6.45) is 0. The molecule has 0 aliphatic carbocycles. The fourth-order valence-electron chi connectivity index (χ4n) is 0.789. The molecule has 0 saturated heterocycles. The van der Waals surface area contributed by atoms with Gasteiger partial charge in [-0.1, -0.05) is 0 Å². The zero-order valence-corrected chi connectivity index (χ0v) is 9.00. The molecule has 0 aromatic heterocycles. The molecule has 0 amide bonds. The van der Waals surface area contributed by atoms with E-state index in [1.165, 1.54) is 0 Å². The molecule has 3 nitrogen and oxygen atoms in total. The minimum Gasteiger partial charge on any atom is -0.391 e. The quantitative estimate of drug-likeness (QED) is 0.363. The van der Waals surface area contributed by atoms with E-state index in [1.54, 1.807) is 0 Å². The number of aliphatic hydroxyl groups excluding tert-OH is 1. The first kappa shape index (κ1) is 16.9. The Labute approximate surface area is 95.2 Å². The third kappa shape index (κ3) is 4.63. The molecule has 0 fully saturated rings. The number of benzene rings is 1. The predicted octanol–water partition coefficient (Wildman–Crippen LogP) is 2.90. The highest BCUT2D eigenvalue weighted by Gasteiger charge is 2.24. The molecule has 0 radical (unpaired) electrons. The average molecular weight is 300 g/mol. The second-order valence-electron chi connectivity index (χ2n) is 2.64. The van der Waals surface area contributed by atoms with Crippen LogP contribution in [0.1, 0.15) is 5.56 Å². The van der Waals surface area contributed by atoms with Crippen LogP contribution in [0.5, 0.6) is 0 Å². The first-order chi connectivity index (χ1) is 8.00. The largest absolute Gasteiger partial charge is 0.549 e. The van der Waals surface area contributed by atoms with Gasteiger partial charge in [-0.25, -0.2) is 26.5 Å². The van der Waals surface area contributed by atoms with Gasteiger partial charge in [-0.05, 0) is 0 Å². The topological polar surface area (TPSA) is 57.5 Å². The van der Waals surface area contributed by atoms with Gasteiger partial charge in [0.2, 0.25) is 5.82 Å². The van der Waals surface area contributed by atoms with Crippen molar-refractivity contribution in [3.63, 3.8) is 0 Å². The van der Waals surface area contributed by atoms with Crippen molar-refractivity contribution in [2.45, 2.75) is 6.61 Å². The standard InChI is InChI=1S/C7H3F5O.F2HO2P/c8-3-2(1-13)4(9)6(11)7(12)5(3)10;1-5(2,3)4/h13H,1H2;(H,3,4). The Kier molecular flexibility index (Phi) is 5.78. The van der Waals surface area contributed by atoms with E-state index < -0.39 is 49.2 Å². The van der Waals surface area contributed by atoms with Crippen LogP contribution in [0.3, 0.4) is 0 Å². The molecule has 1 aromatic rings. The van der Waals surface area contributed by atoms with Crippen LogP contribution in [0.15, 0.2) is 0 Å². The normalized spacial score (nSPS) is 10.9. The lowest BCUT2D eigenvalue weighted by atomic mass is 10.2. The summed E-state index contributed by atoms with van der Waals surface area (Å²) >= 11 is 0. The van der Waals surface area contributed by atoms with Crippen molar-refractivity contribution in [1.29, 1.82) is 0 Å². The number of hydrogen-bond donors (Lipinski definition) is 2. The van der Waals surface area contributed by atoms with Gasteiger partial charge in [-0.3, -0.25) is 4.89 Å². The monoisotopic (exact) mass is 300 g/mol. The molecule has 18 heavy (non-hydrogen) atoms. The van der Waals surface area contributed by atoms with Gasteiger partial charge in [0.1, 0.15) is 0 Å². The van der Waals surface area contributed by atoms with Crippen LogP contribution < -0.4 is 0 Å². The minimum absolute atomic E-state index is 1.23. The SMILES string of the molecule is O=P(O)(F)F.OCc1c(F)c(F)c(F)c(F)c1F. The van der Waals surface area contributed by atoms with Crippen LogP contribution in [0.25, 0.3) is 0 Å². The van der Waals surface area contributed by atoms with Crippen LogP contribution in [-0.2, 0) is 11.2 Å². The molecule has 0 bridgehead atoms. The molecule has 0 saturated carbocycles. The first-order valence-corrected chi connectivity index (χ1v) is 5.28. The second-order valence-corrected chi connectivity index (χ2v) is 3.51. The number of halogens is 7.